The van der Waals surface area contributed by atoms with E-state index in [1.807, 2.05) is 23.7 Å². The molecule has 32 heavy (non-hydrogen) atoms. The quantitative estimate of drug-likeness (QED) is 0.397. The third-order valence-corrected chi connectivity index (χ3v) is 6.67. The minimum atomic E-state index is -0.565. The molecule has 4 aromatic heterocycles. The summed E-state index contributed by atoms with van der Waals surface area (Å²) in [6, 6.07) is 8.10. The molecule has 0 fully saturated rings. The number of halogens is 1. The summed E-state index contributed by atoms with van der Waals surface area (Å²) in [4.78, 5) is 30.5. The predicted molar refractivity (Wildman–Crippen MR) is 123 cm³/mol. The smallest absolute Gasteiger partial charge is 0.332 e. The van der Waals surface area contributed by atoms with Gasteiger partial charge in [-0.3, -0.25) is 23.0 Å². The summed E-state index contributed by atoms with van der Waals surface area (Å²) >= 11 is 1.64. The van der Waals surface area contributed by atoms with Crippen LogP contribution in [0.4, 0.5) is 4.39 Å². The summed E-state index contributed by atoms with van der Waals surface area (Å²) in [5.74, 6) is 0.569. The van der Waals surface area contributed by atoms with Crippen LogP contribution in [0.15, 0.2) is 51.6 Å². The number of nitrogens with zero attached hydrogens (tertiary/aromatic N) is 6. The summed E-state index contributed by atoms with van der Waals surface area (Å²) in [5, 5.41) is 8.20. The lowest BCUT2D eigenvalue weighted by Gasteiger charge is -2.08. The van der Waals surface area contributed by atoms with Crippen LogP contribution in [-0.2, 0) is 27.2 Å². The number of rotatable bonds is 6. The summed E-state index contributed by atoms with van der Waals surface area (Å²) in [5.41, 5.74) is 0.902. The van der Waals surface area contributed by atoms with Gasteiger partial charge >= 0.3 is 5.69 Å². The Bertz CT molecular complexity index is 1570. The molecule has 0 N–H and O–H groups in total. The maximum absolute atomic E-state index is 13.2. The van der Waals surface area contributed by atoms with Gasteiger partial charge < -0.3 is 4.57 Å². The molecule has 0 atom stereocenters. The summed E-state index contributed by atoms with van der Waals surface area (Å²) in [7, 11) is 3.27. The molecule has 0 unspecified atom stereocenters. The molecular weight excluding hydrogens is 431 g/mol. The van der Waals surface area contributed by atoms with Gasteiger partial charge in [0.1, 0.15) is 11.1 Å². The lowest BCUT2D eigenvalue weighted by molar-refractivity contribution is 0.441. The summed E-state index contributed by atoms with van der Waals surface area (Å²) in [6.07, 6.45) is 3.61. The molecule has 0 spiro atoms. The number of fused-ring (bicyclic) bond motifs is 2. The van der Waals surface area contributed by atoms with Crippen molar-refractivity contribution in [2.24, 2.45) is 14.1 Å². The Balaban J connectivity index is 1.82. The molecule has 164 valence electrons. The van der Waals surface area contributed by atoms with Gasteiger partial charge in [0.05, 0.1) is 13.2 Å². The molecule has 8 nitrogen and oxygen atoms in total. The van der Waals surface area contributed by atoms with Crippen molar-refractivity contribution in [3.8, 4) is 11.5 Å². The van der Waals surface area contributed by atoms with E-state index in [9.17, 15) is 14.0 Å². The molecule has 0 aliphatic heterocycles. The molecular formula is C22H21FN6O2S. The maximum atomic E-state index is 13.2. The van der Waals surface area contributed by atoms with Gasteiger partial charge in [-0.15, -0.1) is 11.3 Å². The van der Waals surface area contributed by atoms with Gasteiger partial charge in [0.2, 0.25) is 0 Å². The van der Waals surface area contributed by atoms with Crippen molar-refractivity contribution in [2.75, 3.05) is 6.67 Å². The standard InChI is InChI=1S/C22H21FN6O2S/c1-26-11-9-24-20(26)18-17-19(28(10-5-8-23)22(31)27(2)21(17)30)25-29(18)12-14-13-32-16-7-4-3-6-15(14)16/h3-4,6-7,9,11,13H,5,8,10,12H2,1-2H3. The molecule has 0 radical (unpaired) electrons. The van der Waals surface area contributed by atoms with Crippen molar-refractivity contribution in [1.29, 1.82) is 0 Å². The number of hydrogen-bond donors (Lipinski definition) is 0. The lowest BCUT2D eigenvalue weighted by Crippen LogP contribution is -2.38. The van der Waals surface area contributed by atoms with Crippen LogP contribution in [0.5, 0.6) is 0 Å². The highest BCUT2D eigenvalue weighted by atomic mass is 32.1. The van der Waals surface area contributed by atoms with Gasteiger partial charge in [0.15, 0.2) is 11.5 Å². The van der Waals surface area contributed by atoms with Gasteiger partial charge in [0.25, 0.3) is 5.56 Å². The number of aromatic nitrogens is 6. The third kappa shape index (κ3) is 3.10. The molecule has 0 aliphatic rings. The van der Waals surface area contributed by atoms with Crippen molar-refractivity contribution in [2.45, 2.75) is 19.5 Å². The van der Waals surface area contributed by atoms with Crippen LogP contribution in [0.3, 0.4) is 0 Å². The van der Waals surface area contributed by atoms with E-state index in [0.29, 0.717) is 23.4 Å². The van der Waals surface area contributed by atoms with Crippen LogP contribution in [0.1, 0.15) is 12.0 Å². The largest absolute Gasteiger partial charge is 0.333 e. The highest BCUT2D eigenvalue weighted by molar-refractivity contribution is 7.17. The van der Waals surface area contributed by atoms with E-state index in [0.717, 1.165) is 20.2 Å². The fraction of sp³-hybridized carbons (Fsp3) is 0.273. The molecule has 0 bridgehead atoms. The molecule has 5 aromatic rings. The predicted octanol–water partition coefficient (Wildman–Crippen LogP) is 2.92. The maximum Gasteiger partial charge on any atom is 0.332 e. The first-order valence-corrected chi connectivity index (χ1v) is 11.1. The highest BCUT2D eigenvalue weighted by Crippen LogP contribution is 2.30. The van der Waals surface area contributed by atoms with Gasteiger partial charge in [-0.1, -0.05) is 18.2 Å². The Labute approximate surface area is 185 Å². The van der Waals surface area contributed by atoms with Crippen LogP contribution < -0.4 is 11.2 Å². The average molecular weight is 453 g/mol. The van der Waals surface area contributed by atoms with E-state index < -0.39 is 17.9 Å². The molecule has 5 rings (SSSR count). The number of hydrogen-bond acceptors (Lipinski definition) is 5. The van der Waals surface area contributed by atoms with Crippen LogP contribution in [0, 0.1) is 0 Å². The van der Waals surface area contributed by atoms with Gasteiger partial charge in [-0.05, 0) is 28.8 Å². The number of benzene rings is 1. The normalized spacial score (nSPS) is 11.7. The molecule has 0 aliphatic carbocycles. The zero-order valence-electron chi connectivity index (χ0n) is 17.7. The van der Waals surface area contributed by atoms with Crippen molar-refractivity contribution < 1.29 is 4.39 Å². The number of imidazole rings is 1. The number of thiophene rings is 1. The summed E-state index contributed by atoms with van der Waals surface area (Å²) < 4.78 is 20.1. The first-order valence-electron chi connectivity index (χ1n) is 10.2. The SMILES string of the molecule is Cn1ccnc1-c1c2c(=O)n(C)c(=O)n(CCCF)c2nn1Cc1csc2ccccc12. The Hall–Kier alpha value is -3.53. The van der Waals surface area contributed by atoms with E-state index in [2.05, 4.69) is 22.5 Å². The zero-order valence-corrected chi connectivity index (χ0v) is 18.5. The molecule has 0 saturated carbocycles. The second kappa shape index (κ2) is 7.86. The molecule has 10 heteroatoms. The van der Waals surface area contributed by atoms with Gasteiger partial charge in [0, 0.05) is 37.7 Å². The first-order chi connectivity index (χ1) is 15.5. The molecule has 1 aromatic carbocycles. The Kier molecular flexibility index (Phi) is 5.01. The van der Waals surface area contributed by atoms with Crippen molar-refractivity contribution in [1.82, 2.24) is 28.5 Å². The Morgan fingerprint density at radius 2 is 1.97 bits per heavy atom. The lowest BCUT2D eigenvalue weighted by atomic mass is 10.2. The first kappa shape index (κ1) is 20.4. The highest BCUT2D eigenvalue weighted by Gasteiger charge is 2.24. The van der Waals surface area contributed by atoms with Crippen LogP contribution in [-0.4, -0.2) is 35.1 Å². The van der Waals surface area contributed by atoms with E-state index in [1.165, 1.54) is 11.6 Å². The van der Waals surface area contributed by atoms with E-state index in [-0.39, 0.29) is 18.6 Å². The number of alkyl halides is 1. The molecule has 0 amide bonds. The fourth-order valence-electron chi connectivity index (χ4n) is 4.03. The van der Waals surface area contributed by atoms with Crippen LogP contribution >= 0.6 is 11.3 Å². The van der Waals surface area contributed by atoms with Crippen LogP contribution in [0.2, 0.25) is 0 Å². The van der Waals surface area contributed by atoms with Crippen molar-refractivity contribution in [3.63, 3.8) is 0 Å². The van der Waals surface area contributed by atoms with E-state index in [4.69, 9.17) is 5.10 Å². The topological polar surface area (TPSA) is 79.6 Å². The van der Waals surface area contributed by atoms with Crippen molar-refractivity contribution >= 4 is 32.5 Å². The second-order valence-electron chi connectivity index (χ2n) is 7.66. The average Bonchev–Trinajstić information content (AvgIpc) is 3.50. The third-order valence-electron chi connectivity index (χ3n) is 5.66. The van der Waals surface area contributed by atoms with E-state index >= 15 is 0 Å². The Morgan fingerprint density at radius 3 is 2.72 bits per heavy atom. The molecule has 4 heterocycles. The van der Waals surface area contributed by atoms with Crippen LogP contribution in [0.25, 0.3) is 32.6 Å². The Morgan fingerprint density at radius 1 is 1.16 bits per heavy atom. The van der Waals surface area contributed by atoms with Crippen molar-refractivity contribution in [3.05, 3.63) is 68.4 Å². The molecule has 0 saturated heterocycles. The van der Waals surface area contributed by atoms with Gasteiger partial charge in [-0.25, -0.2) is 9.78 Å². The summed E-state index contributed by atoms with van der Waals surface area (Å²) in [6.45, 7) is -0.0235. The number of aryl methyl sites for hydroxylation is 2. The van der Waals surface area contributed by atoms with E-state index in [1.54, 1.807) is 28.4 Å². The van der Waals surface area contributed by atoms with Gasteiger partial charge in [-0.2, -0.15) is 5.10 Å². The second-order valence-corrected chi connectivity index (χ2v) is 8.58. The zero-order chi connectivity index (χ0) is 22.4. The fourth-order valence-corrected chi connectivity index (χ4v) is 4.99. The minimum Gasteiger partial charge on any atom is -0.333 e. The monoisotopic (exact) mass is 452 g/mol. The minimum absolute atomic E-state index is 0.137.